The fourth-order valence-corrected chi connectivity index (χ4v) is 3.04. The Morgan fingerprint density at radius 3 is 2.58 bits per heavy atom. The fourth-order valence-electron chi connectivity index (χ4n) is 3.04. The van der Waals surface area contributed by atoms with Gasteiger partial charge >= 0.3 is 0 Å². The minimum absolute atomic E-state index is 0.00356. The summed E-state index contributed by atoms with van der Waals surface area (Å²) in [4.78, 5) is 11.1. The van der Waals surface area contributed by atoms with E-state index in [1.54, 1.807) is 7.11 Å². The molecule has 0 fully saturated rings. The number of rotatable bonds is 6. The first kappa shape index (κ1) is 17.7. The standard InChI is InChI=1S/C23H23NO2/c1-17(25)24-14-13-19-9-6-10-20-15-21(23(26-2)16-22(19)20)12-11-18-7-4-3-5-8-18/h3-12,15-16H,13-14H2,1-2H3,(H,24,25)/b12-11+. The molecule has 0 saturated heterocycles. The minimum atomic E-state index is -0.00356. The Balaban J connectivity index is 1.94. The van der Waals surface area contributed by atoms with Gasteiger partial charge in [0.1, 0.15) is 5.75 Å². The Morgan fingerprint density at radius 1 is 1.04 bits per heavy atom. The second-order valence-electron chi connectivity index (χ2n) is 6.21. The molecule has 3 aromatic rings. The Bertz CT molecular complexity index is 930. The molecule has 0 unspecified atom stereocenters. The first-order chi connectivity index (χ1) is 12.7. The van der Waals surface area contributed by atoms with Crippen LogP contribution in [0, 0.1) is 0 Å². The number of ether oxygens (including phenoxy) is 1. The van der Waals surface area contributed by atoms with E-state index in [0.29, 0.717) is 6.54 Å². The van der Waals surface area contributed by atoms with Crippen molar-refractivity contribution >= 4 is 28.8 Å². The summed E-state index contributed by atoms with van der Waals surface area (Å²) in [5.74, 6) is 0.841. The molecule has 0 heterocycles. The lowest BCUT2D eigenvalue weighted by Gasteiger charge is -2.11. The number of hydrogen-bond acceptors (Lipinski definition) is 2. The summed E-state index contributed by atoms with van der Waals surface area (Å²) in [5, 5.41) is 5.18. The van der Waals surface area contributed by atoms with E-state index < -0.39 is 0 Å². The normalized spacial score (nSPS) is 11.0. The first-order valence-electron chi connectivity index (χ1n) is 8.74. The van der Waals surface area contributed by atoms with Crippen molar-refractivity contribution in [2.45, 2.75) is 13.3 Å². The SMILES string of the molecule is COc1cc2c(CCNC(C)=O)cccc2cc1/C=C/c1ccccc1. The van der Waals surface area contributed by atoms with Crippen molar-refractivity contribution in [1.29, 1.82) is 0 Å². The largest absolute Gasteiger partial charge is 0.496 e. The second kappa shape index (κ2) is 8.34. The van der Waals surface area contributed by atoms with Crippen molar-refractivity contribution in [2.75, 3.05) is 13.7 Å². The molecule has 0 aromatic heterocycles. The molecule has 132 valence electrons. The molecule has 3 heteroatoms. The third-order valence-electron chi connectivity index (χ3n) is 4.34. The van der Waals surface area contributed by atoms with Crippen LogP contribution in [0.2, 0.25) is 0 Å². The molecule has 0 saturated carbocycles. The van der Waals surface area contributed by atoms with Gasteiger partial charge in [-0.05, 0) is 40.5 Å². The molecular weight excluding hydrogens is 322 g/mol. The third-order valence-corrected chi connectivity index (χ3v) is 4.34. The van der Waals surface area contributed by atoms with Crippen molar-refractivity contribution < 1.29 is 9.53 Å². The van der Waals surface area contributed by atoms with Gasteiger partial charge in [0.05, 0.1) is 7.11 Å². The number of hydrogen-bond donors (Lipinski definition) is 1. The molecule has 1 N–H and O–H groups in total. The molecule has 26 heavy (non-hydrogen) atoms. The van der Waals surface area contributed by atoms with Crippen LogP contribution >= 0.6 is 0 Å². The highest BCUT2D eigenvalue weighted by atomic mass is 16.5. The van der Waals surface area contributed by atoms with Crippen LogP contribution in [0.5, 0.6) is 5.75 Å². The van der Waals surface area contributed by atoms with Crippen LogP contribution in [-0.4, -0.2) is 19.6 Å². The quantitative estimate of drug-likeness (QED) is 0.658. The molecule has 0 aliphatic heterocycles. The molecule has 1 amide bonds. The maximum Gasteiger partial charge on any atom is 0.216 e. The third kappa shape index (κ3) is 4.31. The highest BCUT2D eigenvalue weighted by molar-refractivity contribution is 5.91. The highest BCUT2D eigenvalue weighted by Gasteiger charge is 2.07. The lowest BCUT2D eigenvalue weighted by molar-refractivity contribution is -0.118. The number of methoxy groups -OCH3 is 1. The fraction of sp³-hybridized carbons (Fsp3) is 0.174. The van der Waals surface area contributed by atoms with Crippen LogP contribution in [0.25, 0.3) is 22.9 Å². The maximum atomic E-state index is 11.1. The van der Waals surface area contributed by atoms with Crippen molar-refractivity contribution in [3.05, 3.63) is 77.4 Å². The predicted molar refractivity (Wildman–Crippen MR) is 108 cm³/mol. The van der Waals surface area contributed by atoms with E-state index in [2.05, 4.69) is 59.9 Å². The van der Waals surface area contributed by atoms with Gasteiger partial charge in [0.25, 0.3) is 0 Å². The lowest BCUT2D eigenvalue weighted by Crippen LogP contribution is -2.22. The summed E-state index contributed by atoms with van der Waals surface area (Å²) in [6.07, 6.45) is 4.96. The van der Waals surface area contributed by atoms with Crippen molar-refractivity contribution in [3.8, 4) is 5.75 Å². The summed E-state index contributed by atoms with van der Waals surface area (Å²) in [6, 6.07) is 20.7. The smallest absolute Gasteiger partial charge is 0.216 e. The van der Waals surface area contributed by atoms with E-state index in [1.807, 2.05) is 18.2 Å². The van der Waals surface area contributed by atoms with E-state index in [9.17, 15) is 4.79 Å². The van der Waals surface area contributed by atoms with Crippen LogP contribution in [0.3, 0.4) is 0 Å². The van der Waals surface area contributed by atoms with Gasteiger partial charge in [-0.25, -0.2) is 0 Å². The number of carbonyl (C=O) groups excluding carboxylic acids is 1. The monoisotopic (exact) mass is 345 g/mol. The molecule has 3 nitrogen and oxygen atoms in total. The predicted octanol–water partition coefficient (Wildman–Crippen LogP) is 4.70. The summed E-state index contributed by atoms with van der Waals surface area (Å²) in [5.41, 5.74) is 3.40. The van der Waals surface area contributed by atoms with Gasteiger partial charge in [-0.2, -0.15) is 0 Å². The zero-order chi connectivity index (χ0) is 18.4. The number of fused-ring (bicyclic) bond motifs is 1. The van der Waals surface area contributed by atoms with Gasteiger partial charge in [-0.15, -0.1) is 0 Å². The molecule has 0 radical (unpaired) electrons. The van der Waals surface area contributed by atoms with Gasteiger partial charge in [-0.3, -0.25) is 4.79 Å². The molecule has 0 bridgehead atoms. The Morgan fingerprint density at radius 2 is 1.85 bits per heavy atom. The Kier molecular flexibility index (Phi) is 5.69. The maximum absolute atomic E-state index is 11.1. The number of nitrogens with one attached hydrogen (secondary N) is 1. The molecular formula is C23H23NO2. The van der Waals surface area contributed by atoms with Gasteiger partial charge < -0.3 is 10.1 Å². The summed E-state index contributed by atoms with van der Waals surface area (Å²) < 4.78 is 5.62. The van der Waals surface area contributed by atoms with E-state index in [4.69, 9.17) is 4.74 Å². The zero-order valence-electron chi connectivity index (χ0n) is 15.2. The topological polar surface area (TPSA) is 38.3 Å². The van der Waals surface area contributed by atoms with Crippen LogP contribution in [0.15, 0.2) is 60.7 Å². The summed E-state index contributed by atoms with van der Waals surface area (Å²) in [6.45, 7) is 2.17. The van der Waals surface area contributed by atoms with Gasteiger partial charge in [0, 0.05) is 19.0 Å². The van der Waals surface area contributed by atoms with E-state index in [1.165, 1.54) is 17.9 Å². The highest BCUT2D eigenvalue weighted by Crippen LogP contribution is 2.30. The summed E-state index contributed by atoms with van der Waals surface area (Å²) >= 11 is 0. The lowest BCUT2D eigenvalue weighted by atomic mass is 9.99. The van der Waals surface area contributed by atoms with E-state index >= 15 is 0 Å². The number of amides is 1. The summed E-state index contributed by atoms with van der Waals surface area (Å²) in [7, 11) is 1.70. The first-order valence-corrected chi connectivity index (χ1v) is 8.74. The van der Waals surface area contributed by atoms with Crippen LogP contribution in [0.1, 0.15) is 23.6 Å². The van der Waals surface area contributed by atoms with Crippen molar-refractivity contribution in [1.82, 2.24) is 5.32 Å². The number of carbonyl (C=O) groups is 1. The number of benzene rings is 3. The average molecular weight is 345 g/mol. The van der Waals surface area contributed by atoms with Crippen LogP contribution in [0.4, 0.5) is 0 Å². The molecule has 3 aromatic carbocycles. The van der Waals surface area contributed by atoms with Gasteiger partial charge in [0.2, 0.25) is 5.91 Å². The molecule has 0 atom stereocenters. The van der Waals surface area contributed by atoms with E-state index in [0.717, 1.165) is 28.7 Å². The minimum Gasteiger partial charge on any atom is -0.496 e. The average Bonchev–Trinajstić information content (AvgIpc) is 2.66. The van der Waals surface area contributed by atoms with Crippen molar-refractivity contribution in [3.63, 3.8) is 0 Å². The Labute approximate surface area is 154 Å². The molecule has 0 aliphatic rings. The van der Waals surface area contributed by atoms with Crippen molar-refractivity contribution in [2.24, 2.45) is 0 Å². The molecule has 0 aliphatic carbocycles. The molecule has 0 spiro atoms. The Hall–Kier alpha value is -3.07. The van der Waals surface area contributed by atoms with E-state index in [-0.39, 0.29) is 5.91 Å². The van der Waals surface area contributed by atoms with Gasteiger partial charge in [-0.1, -0.05) is 60.7 Å². The van der Waals surface area contributed by atoms with Crippen LogP contribution in [-0.2, 0) is 11.2 Å². The second-order valence-corrected chi connectivity index (χ2v) is 6.21. The molecule has 3 rings (SSSR count). The van der Waals surface area contributed by atoms with Gasteiger partial charge in [0.15, 0.2) is 0 Å². The van der Waals surface area contributed by atoms with Crippen LogP contribution < -0.4 is 10.1 Å². The zero-order valence-corrected chi connectivity index (χ0v) is 15.2.